The summed E-state index contributed by atoms with van der Waals surface area (Å²) in [7, 11) is 0. The van der Waals surface area contributed by atoms with E-state index in [2.05, 4.69) is 40.1 Å². The summed E-state index contributed by atoms with van der Waals surface area (Å²) in [5.41, 5.74) is 0. The number of hydrogen-bond donors (Lipinski definition) is 1. The van der Waals surface area contributed by atoms with Crippen LogP contribution in [0.2, 0.25) is 0 Å². The zero-order valence-electron chi connectivity index (χ0n) is 10.2. The third-order valence-corrected chi connectivity index (χ3v) is 2.87. The molecule has 0 aliphatic rings. The maximum Gasteiger partial charge on any atom is 0.258 e. The summed E-state index contributed by atoms with van der Waals surface area (Å²) in [6.07, 6.45) is 3.23. The molecular formula is C12H17BrN2O2. The van der Waals surface area contributed by atoms with Crippen LogP contribution in [0.1, 0.15) is 20.8 Å². The van der Waals surface area contributed by atoms with Gasteiger partial charge in [-0.05, 0) is 34.8 Å². The molecule has 94 valence electrons. The first-order valence-electron chi connectivity index (χ1n) is 5.51. The third-order valence-electron chi connectivity index (χ3n) is 2.44. The van der Waals surface area contributed by atoms with Crippen molar-refractivity contribution in [3.05, 3.63) is 22.9 Å². The lowest BCUT2D eigenvalue weighted by Gasteiger charge is -2.17. The largest absolute Gasteiger partial charge is 0.482 e. The van der Waals surface area contributed by atoms with Gasteiger partial charge in [0.1, 0.15) is 5.75 Å². The van der Waals surface area contributed by atoms with Crippen LogP contribution in [0.15, 0.2) is 22.9 Å². The number of nitrogens with zero attached hydrogens (tertiary/aromatic N) is 1. The lowest BCUT2D eigenvalue weighted by molar-refractivity contribution is -0.124. The van der Waals surface area contributed by atoms with Crippen molar-refractivity contribution in [3.63, 3.8) is 0 Å². The number of hydrogen-bond acceptors (Lipinski definition) is 3. The fraction of sp³-hybridized carbons (Fsp3) is 0.500. The fourth-order valence-corrected chi connectivity index (χ4v) is 1.43. The van der Waals surface area contributed by atoms with Crippen molar-refractivity contribution >= 4 is 21.8 Å². The Balaban J connectivity index is 2.38. The van der Waals surface area contributed by atoms with Crippen molar-refractivity contribution in [2.75, 3.05) is 6.61 Å². The monoisotopic (exact) mass is 300 g/mol. The molecule has 1 rings (SSSR count). The number of halogens is 1. The SMILES string of the molecule is CC(C)C(C)NC(=O)COc1cncc(Br)c1. The predicted octanol–water partition coefficient (Wildman–Crippen LogP) is 2.38. The molecule has 1 aromatic rings. The summed E-state index contributed by atoms with van der Waals surface area (Å²) >= 11 is 3.29. The van der Waals surface area contributed by atoms with Crippen LogP contribution in [0.5, 0.6) is 5.75 Å². The Morgan fingerprint density at radius 2 is 2.18 bits per heavy atom. The summed E-state index contributed by atoms with van der Waals surface area (Å²) in [6.45, 7) is 6.10. The van der Waals surface area contributed by atoms with E-state index in [9.17, 15) is 4.79 Å². The smallest absolute Gasteiger partial charge is 0.258 e. The summed E-state index contributed by atoms with van der Waals surface area (Å²) in [5.74, 6) is 0.865. The van der Waals surface area contributed by atoms with Crippen LogP contribution in [-0.2, 0) is 4.79 Å². The molecular weight excluding hydrogens is 284 g/mol. The van der Waals surface area contributed by atoms with Crippen LogP contribution in [0, 0.1) is 5.92 Å². The Bertz CT molecular complexity index is 383. The maximum atomic E-state index is 11.5. The van der Waals surface area contributed by atoms with Crippen LogP contribution in [0.3, 0.4) is 0 Å². The second kappa shape index (κ2) is 6.59. The van der Waals surface area contributed by atoms with Crippen LogP contribution in [-0.4, -0.2) is 23.5 Å². The van der Waals surface area contributed by atoms with E-state index in [4.69, 9.17) is 4.74 Å². The Kier molecular flexibility index (Phi) is 5.41. The van der Waals surface area contributed by atoms with Crippen LogP contribution in [0.25, 0.3) is 0 Å². The molecule has 1 heterocycles. The van der Waals surface area contributed by atoms with Gasteiger partial charge in [0.25, 0.3) is 5.91 Å². The van der Waals surface area contributed by atoms with Crippen molar-refractivity contribution in [1.82, 2.24) is 10.3 Å². The molecule has 0 fully saturated rings. The second-order valence-corrected chi connectivity index (χ2v) is 5.14. The number of carbonyl (C=O) groups is 1. The number of ether oxygens (including phenoxy) is 1. The van der Waals surface area contributed by atoms with E-state index in [1.165, 1.54) is 0 Å². The van der Waals surface area contributed by atoms with Gasteiger partial charge in [-0.15, -0.1) is 0 Å². The number of rotatable bonds is 5. The van der Waals surface area contributed by atoms with E-state index >= 15 is 0 Å². The summed E-state index contributed by atoms with van der Waals surface area (Å²) < 4.78 is 6.15. The molecule has 0 spiro atoms. The first-order valence-corrected chi connectivity index (χ1v) is 6.31. The van der Waals surface area contributed by atoms with Crippen molar-refractivity contribution in [1.29, 1.82) is 0 Å². The topological polar surface area (TPSA) is 51.2 Å². The third kappa shape index (κ3) is 5.17. The van der Waals surface area contributed by atoms with Gasteiger partial charge in [-0.25, -0.2) is 0 Å². The number of aromatic nitrogens is 1. The number of carbonyl (C=O) groups excluding carboxylic acids is 1. The normalized spacial score (nSPS) is 12.3. The zero-order valence-corrected chi connectivity index (χ0v) is 11.8. The molecule has 5 heteroatoms. The molecule has 1 N–H and O–H groups in total. The first kappa shape index (κ1) is 14.0. The minimum absolute atomic E-state index is 0.00912. The highest BCUT2D eigenvalue weighted by molar-refractivity contribution is 9.10. The zero-order chi connectivity index (χ0) is 12.8. The average Bonchev–Trinajstić information content (AvgIpc) is 2.26. The van der Waals surface area contributed by atoms with E-state index in [1.807, 2.05) is 6.92 Å². The van der Waals surface area contributed by atoms with Gasteiger partial charge in [-0.1, -0.05) is 13.8 Å². The highest BCUT2D eigenvalue weighted by Crippen LogP contribution is 2.15. The highest BCUT2D eigenvalue weighted by atomic mass is 79.9. The number of amides is 1. The van der Waals surface area contributed by atoms with Gasteiger partial charge in [0.15, 0.2) is 6.61 Å². The van der Waals surface area contributed by atoms with Gasteiger partial charge < -0.3 is 10.1 Å². The molecule has 1 amide bonds. The molecule has 0 bridgehead atoms. The molecule has 0 radical (unpaired) electrons. The van der Waals surface area contributed by atoms with E-state index in [0.717, 1.165) is 4.47 Å². The molecule has 17 heavy (non-hydrogen) atoms. The van der Waals surface area contributed by atoms with E-state index < -0.39 is 0 Å². The molecule has 1 atom stereocenters. The summed E-state index contributed by atoms with van der Waals surface area (Å²) in [6, 6.07) is 1.92. The van der Waals surface area contributed by atoms with E-state index in [0.29, 0.717) is 11.7 Å². The highest BCUT2D eigenvalue weighted by Gasteiger charge is 2.11. The Hall–Kier alpha value is -1.10. The van der Waals surface area contributed by atoms with Gasteiger partial charge in [0.05, 0.1) is 6.20 Å². The standard InChI is InChI=1S/C12H17BrN2O2/c1-8(2)9(3)15-12(16)7-17-11-4-10(13)5-14-6-11/h4-6,8-9H,7H2,1-3H3,(H,15,16). The average molecular weight is 301 g/mol. The first-order chi connectivity index (χ1) is 7.99. The van der Waals surface area contributed by atoms with Gasteiger partial charge in [-0.2, -0.15) is 0 Å². The minimum Gasteiger partial charge on any atom is -0.482 e. The molecule has 1 aromatic heterocycles. The van der Waals surface area contributed by atoms with Gasteiger partial charge >= 0.3 is 0 Å². The second-order valence-electron chi connectivity index (χ2n) is 4.23. The van der Waals surface area contributed by atoms with E-state index in [-0.39, 0.29) is 18.6 Å². The van der Waals surface area contributed by atoms with Gasteiger partial charge in [0.2, 0.25) is 0 Å². The number of pyridine rings is 1. The quantitative estimate of drug-likeness (QED) is 0.908. The minimum atomic E-state index is -0.119. The van der Waals surface area contributed by atoms with Gasteiger partial charge in [0, 0.05) is 16.7 Å². The van der Waals surface area contributed by atoms with Crippen molar-refractivity contribution < 1.29 is 9.53 Å². The summed E-state index contributed by atoms with van der Waals surface area (Å²) in [5, 5.41) is 2.87. The van der Waals surface area contributed by atoms with Gasteiger partial charge in [-0.3, -0.25) is 9.78 Å². The molecule has 0 saturated heterocycles. The van der Waals surface area contributed by atoms with E-state index in [1.54, 1.807) is 18.5 Å². The molecule has 0 aromatic carbocycles. The Morgan fingerprint density at radius 3 is 2.76 bits per heavy atom. The molecule has 4 nitrogen and oxygen atoms in total. The van der Waals surface area contributed by atoms with Crippen molar-refractivity contribution in [2.45, 2.75) is 26.8 Å². The lowest BCUT2D eigenvalue weighted by atomic mass is 10.1. The fourth-order valence-electron chi connectivity index (χ4n) is 1.08. The predicted molar refractivity (Wildman–Crippen MR) is 69.9 cm³/mol. The van der Waals surface area contributed by atoms with Crippen LogP contribution >= 0.6 is 15.9 Å². The van der Waals surface area contributed by atoms with Crippen molar-refractivity contribution in [2.24, 2.45) is 5.92 Å². The van der Waals surface area contributed by atoms with Crippen molar-refractivity contribution in [3.8, 4) is 5.75 Å². The summed E-state index contributed by atoms with van der Waals surface area (Å²) in [4.78, 5) is 15.5. The lowest BCUT2D eigenvalue weighted by Crippen LogP contribution is -2.38. The Morgan fingerprint density at radius 1 is 1.47 bits per heavy atom. The number of nitrogens with one attached hydrogen (secondary N) is 1. The molecule has 0 aliphatic carbocycles. The maximum absolute atomic E-state index is 11.5. The Labute approximate surface area is 110 Å². The molecule has 1 unspecified atom stereocenters. The van der Waals surface area contributed by atoms with Crippen LogP contribution in [0.4, 0.5) is 0 Å². The molecule has 0 saturated carbocycles. The molecule has 0 aliphatic heterocycles. The van der Waals surface area contributed by atoms with Crippen LogP contribution < -0.4 is 10.1 Å².